The Morgan fingerprint density at radius 1 is 1.07 bits per heavy atom. The van der Waals surface area contributed by atoms with Crippen LogP contribution in [0.2, 0.25) is 0 Å². The fourth-order valence-electron chi connectivity index (χ4n) is 3.67. The SMILES string of the molecule is CCNC(=NCc1coc(-c2ccccc2)n1)NCCN1CCc2ccccc2C1. The maximum Gasteiger partial charge on any atom is 0.226 e. The number of hydrogen-bond acceptors (Lipinski definition) is 4. The van der Waals surface area contributed by atoms with Crippen molar-refractivity contribution in [2.45, 2.75) is 26.4 Å². The average molecular weight is 404 g/mol. The molecule has 0 bridgehead atoms. The summed E-state index contributed by atoms with van der Waals surface area (Å²) in [5.74, 6) is 1.43. The second-order valence-electron chi connectivity index (χ2n) is 7.43. The van der Waals surface area contributed by atoms with Gasteiger partial charge in [-0.25, -0.2) is 9.98 Å². The van der Waals surface area contributed by atoms with Crippen LogP contribution in [0.1, 0.15) is 23.7 Å². The Bertz CT molecular complexity index is 966. The molecule has 0 amide bonds. The summed E-state index contributed by atoms with van der Waals surface area (Å²) >= 11 is 0. The van der Waals surface area contributed by atoms with Crippen LogP contribution < -0.4 is 10.6 Å². The Kier molecular flexibility index (Phi) is 6.77. The number of guanidine groups is 1. The minimum absolute atomic E-state index is 0.475. The van der Waals surface area contributed by atoms with Gasteiger partial charge in [0.1, 0.15) is 12.0 Å². The van der Waals surface area contributed by atoms with Crippen LogP contribution in [0, 0.1) is 0 Å². The molecule has 0 unspecified atom stereocenters. The number of rotatable bonds is 7. The molecule has 1 aliphatic rings. The number of aromatic nitrogens is 1. The molecule has 6 heteroatoms. The molecular formula is C24H29N5O. The molecule has 0 aliphatic carbocycles. The molecular weight excluding hydrogens is 374 g/mol. The van der Waals surface area contributed by atoms with Crippen molar-refractivity contribution in [3.63, 3.8) is 0 Å². The van der Waals surface area contributed by atoms with Gasteiger partial charge in [-0.15, -0.1) is 0 Å². The van der Waals surface area contributed by atoms with Crippen molar-refractivity contribution in [2.75, 3.05) is 26.2 Å². The summed E-state index contributed by atoms with van der Waals surface area (Å²) in [7, 11) is 0. The molecule has 1 aliphatic heterocycles. The molecule has 0 saturated heterocycles. The van der Waals surface area contributed by atoms with Gasteiger partial charge in [0.05, 0.1) is 6.54 Å². The first kappa shape index (κ1) is 20.2. The zero-order valence-electron chi connectivity index (χ0n) is 17.5. The van der Waals surface area contributed by atoms with Crippen LogP contribution in [0.4, 0.5) is 0 Å². The summed E-state index contributed by atoms with van der Waals surface area (Å²) in [4.78, 5) is 11.7. The first-order valence-corrected chi connectivity index (χ1v) is 10.6. The molecule has 156 valence electrons. The first-order valence-electron chi connectivity index (χ1n) is 10.6. The van der Waals surface area contributed by atoms with E-state index in [1.807, 2.05) is 30.3 Å². The van der Waals surface area contributed by atoms with E-state index >= 15 is 0 Å². The van der Waals surface area contributed by atoms with E-state index in [-0.39, 0.29) is 0 Å². The molecule has 1 aromatic heterocycles. The maximum atomic E-state index is 5.60. The van der Waals surface area contributed by atoms with Gasteiger partial charge in [-0.3, -0.25) is 4.90 Å². The largest absolute Gasteiger partial charge is 0.444 e. The fraction of sp³-hybridized carbons (Fsp3) is 0.333. The molecule has 0 atom stereocenters. The van der Waals surface area contributed by atoms with E-state index in [1.165, 1.54) is 11.1 Å². The van der Waals surface area contributed by atoms with Crippen molar-refractivity contribution in [2.24, 2.45) is 4.99 Å². The van der Waals surface area contributed by atoms with Crippen LogP contribution in [0.5, 0.6) is 0 Å². The highest BCUT2D eigenvalue weighted by Gasteiger charge is 2.15. The average Bonchev–Trinajstić information content (AvgIpc) is 3.27. The van der Waals surface area contributed by atoms with Gasteiger partial charge in [0.2, 0.25) is 5.89 Å². The predicted molar refractivity (Wildman–Crippen MR) is 120 cm³/mol. The van der Waals surface area contributed by atoms with E-state index in [9.17, 15) is 0 Å². The highest BCUT2D eigenvalue weighted by Crippen LogP contribution is 2.19. The second kappa shape index (κ2) is 10.1. The normalized spacial score (nSPS) is 14.4. The molecule has 3 aromatic rings. The third kappa shape index (κ3) is 5.27. The lowest BCUT2D eigenvalue weighted by atomic mass is 10.00. The summed E-state index contributed by atoms with van der Waals surface area (Å²) in [6.07, 6.45) is 2.81. The van der Waals surface area contributed by atoms with E-state index in [2.05, 4.69) is 56.7 Å². The van der Waals surface area contributed by atoms with Crippen LogP contribution >= 0.6 is 0 Å². The fourth-order valence-corrected chi connectivity index (χ4v) is 3.67. The smallest absolute Gasteiger partial charge is 0.226 e. The van der Waals surface area contributed by atoms with E-state index in [1.54, 1.807) is 6.26 Å². The quantitative estimate of drug-likeness (QED) is 0.467. The highest BCUT2D eigenvalue weighted by atomic mass is 16.3. The van der Waals surface area contributed by atoms with Crippen molar-refractivity contribution in [1.82, 2.24) is 20.5 Å². The standard InChI is InChI=1S/C24H29N5O/c1-2-25-24(26-13-15-29-14-12-19-8-6-7-11-21(19)17-29)27-16-22-18-30-23(28-22)20-9-4-3-5-10-20/h3-11,18H,2,12-17H2,1H3,(H2,25,26,27). The zero-order chi connectivity index (χ0) is 20.6. The summed E-state index contributed by atoms with van der Waals surface area (Å²) in [6, 6.07) is 18.7. The molecule has 6 nitrogen and oxygen atoms in total. The molecule has 2 heterocycles. The summed E-state index contributed by atoms with van der Waals surface area (Å²) in [5, 5.41) is 6.75. The van der Waals surface area contributed by atoms with E-state index < -0.39 is 0 Å². The number of nitrogens with zero attached hydrogens (tertiary/aromatic N) is 3. The molecule has 4 rings (SSSR count). The lowest BCUT2D eigenvalue weighted by Gasteiger charge is -2.28. The number of benzene rings is 2. The minimum atomic E-state index is 0.475. The van der Waals surface area contributed by atoms with Gasteiger partial charge >= 0.3 is 0 Å². The van der Waals surface area contributed by atoms with Crippen LogP contribution in [0.3, 0.4) is 0 Å². The second-order valence-corrected chi connectivity index (χ2v) is 7.43. The highest BCUT2D eigenvalue weighted by molar-refractivity contribution is 5.79. The Labute approximate surface area is 178 Å². The third-order valence-electron chi connectivity index (χ3n) is 5.25. The minimum Gasteiger partial charge on any atom is -0.444 e. The molecule has 0 spiro atoms. The monoisotopic (exact) mass is 403 g/mol. The van der Waals surface area contributed by atoms with E-state index in [4.69, 9.17) is 4.42 Å². The topological polar surface area (TPSA) is 65.7 Å². The predicted octanol–water partition coefficient (Wildman–Crippen LogP) is 3.46. The summed E-state index contributed by atoms with van der Waals surface area (Å²) in [6.45, 7) is 7.32. The number of hydrogen-bond donors (Lipinski definition) is 2. The third-order valence-corrected chi connectivity index (χ3v) is 5.25. The van der Waals surface area contributed by atoms with Gasteiger partial charge in [0.15, 0.2) is 5.96 Å². The van der Waals surface area contributed by atoms with Crippen LogP contribution in [-0.4, -0.2) is 42.0 Å². The van der Waals surface area contributed by atoms with Crippen LogP contribution in [0.25, 0.3) is 11.5 Å². The van der Waals surface area contributed by atoms with Crippen molar-refractivity contribution in [1.29, 1.82) is 0 Å². The number of nitrogens with one attached hydrogen (secondary N) is 2. The molecule has 2 aromatic carbocycles. The Balaban J connectivity index is 1.29. The van der Waals surface area contributed by atoms with Crippen molar-refractivity contribution < 1.29 is 4.42 Å². The van der Waals surface area contributed by atoms with Crippen LogP contribution in [0.15, 0.2) is 70.3 Å². The molecule has 0 radical (unpaired) electrons. The van der Waals surface area contributed by atoms with Gasteiger partial charge in [-0.1, -0.05) is 42.5 Å². The lowest BCUT2D eigenvalue weighted by Crippen LogP contribution is -2.42. The van der Waals surface area contributed by atoms with Crippen molar-refractivity contribution in [3.8, 4) is 11.5 Å². The molecule has 0 saturated carbocycles. The molecule has 0 fully saturated rings. The van der Waals surface area contributed by atoms with Crippen molar-refractivity contribution in [3.05, 3.63) is 77.7 Å². The number of aliphatic imine (C=N–C) groups is 1. The lowest BCUT2D eigenvalue weighted by molar-refractivity contribution is 0.258. The maximum absolute atomic E-state index is 5.60. The first-order chi connectivity index (χ1) is 14.8. The summed E-state index contributed by atoms with van der Waals surface area (Å²) < 4.78 is 5.60. The van der Waals surface area contributed by atoms with Crippen molar-refractivity contribution >= 4 is 5.96 Å². The molecule has 2 N–H and O–H groups in total. The number of oxazole rings is 1. The van der Waals surface area contributed by atoms with Gasteiger partial charge in [0, 0.05) is 38.3 Å². The van der Waals surface area contributed by atoms with Gasteiger partial charge in [-0.2, -0.15) is 0 Å². The Morgan fingerprint density at radius 3 is 2.70 bits per heavy atom. The molecule has 30 heavy (non-hydrogen) atoms. The van der Waals surface area contributed by atoms with E-state index in [0.29, 0.717) is 12.4 Å². The van der Waals surface area contributed by atoms with Crippen LogP contribution in [-0.2, 0) is 19.5 Å². The van der Waals surface area contributed by atoms with Gasteiger partial charge in [-0.05, 0) is 36.6 Å². The Hall–Kier alpha value is -3.12. The Morgan fingerprint density at radius 2 is 1.87 bits per heavy atom. The van der Waals surface area contributed by atoms with Gasteiger partial charge in [0.25, 0.3) is 0 Å². The van der Waals surface area contributed by atoms with E-state index in [0.717, 1.165) is 56.4 Å². The summed E-state index contributed by atoms with van der Waals surface area (Å²) in [5.41, 5.74) is 4.73. The van der Waals surface area contributed by atoms with Gasteiger partial charge < -0.3 is 15.1 Å². The number of fused-ring (bicyclic) bond motifs is 1. The zero-order valence-corrected chi connectivity index (χ0v) is 17.5.